The zero-order valence-corrected chi connectivity index (χ0v) is 38.9. The first-order chi connectivity index (χ1) is 29.6. The van der Waals surface area contributed by atoms with Gasteiger partial charge in [0, 0.05) is 22.2 Å². The van der Waals surface area contributed by atoms with Gasteiger partial charge in [0.05, 0.1) is 22.7 Å². The number of fused-ring (bicyclic) bond motifs is 7. The first kappa shape index (κ1) is 40.3. The Balaban J connectivity index is 1.25. The molecule has 0 fully saturated rings. The number of aryl methyl sites for hydroxylation is 2. The van der Waals surface area contributed by atoms with Crippen molar-refractivity contribution in [1.82, 2.24) is 0 Å². The van der Waals surface area contributed by atoms with Crippen LogP contribution in [0.3, 0.4) is 0 Å². The van der Waals surface area contributed by atoms with Gasteiger partial charge in [-0.3, -0.25) is 0 Å². The van der Waals surface area contributed by atoms with Crippen molar-refractivity contribution in [2.75, 3.05) is 9.80 Å². The fourth-order valence-electron chi connectivity index (χ4n) is 11.4. The molecule has 7 aromatic rings. The highest BCUT2D eigenvalue weighted by atomic mass is 15.2. The number of nitrogens with zero attached hydrogens (tertiary/aromatic N) is 2. The van der Waals surface area contributed by atoms with Gasteiger partial charge in [0.15, 0.2) is 0 Å². The summed E-state index contributed by atoms with van der Waals surface area (Å²) in [5.74, 6) is 1.22. The molecule has 0 atom stereocenters. The summed E-state index contributed by atoms with van der Waals surface area (Å²) in [4.78, 5) is 5.06. The van der Waals surface area contributed by atoms with Crippen LogP contribution in [0.4, 0.5) is 34.1 Å². The monoisotopic (exact) mass is 808 g/mol. The third-order valence-corrected chi connectivity index (χ3v) is 14.7. The fraction of sp³-hybridized carbons (Fsp3) is 0.288. The average Bonchev–Trinajstić information content (AvgIpc) is 3.56. The summed E-state index contributed by atoms with van der Waals surface area (Å²) in [5.41, 5.74) is 26.5. The van der Waals surface area contributed by atoms with Gasteiger partial charge in [0.2, 0.25) is 6.71 Å². The Labute approximate surface area is 371 Å². The number of hydrogen-bond donors (Lipinski definition) is 0. The second-order valence-electron chi connectivity index (χ2n) is 20.5. The second kappa shape index (κ2) is 14.4. The highest BCUT2D eigenvalue weighted by molar-refractivity contribution is 6.99. The van der Waals surface area contributed by atoms with E-state index in [1.54, 1.807) is 0 Å². The lowest BCUT2D eigenvalue weighted by molar-refractivity contribution is 0.631. The summed E-state index contributed by atoms with van der Waals surface area (Å²) in [6, 6.07) is 52.0. The number of rotatable bonds is 6. The Bertz CT molecular complexity index is 2750. The van der Waals surface area contributed by atoms with Crippen molar-refractivity contribution < 1.29 is 0 Å². The van der Waals surface area contributed by atoms with Crippen LogP contribution in [0.1, 0.15) is 137 Å². The van der Waals surface area contributed by atoms with Crippen LogP contribution >= 0.6 is 0 Å². The maximum Gasteiger partial charge on any atom is 0.243 e. The fourth-order valence-corrected chi connectivity index (χ4v) is 11.4. The quantitative estimate of drug-likeness (QED) is 0.154. The van der Waals surface area contributed by atoms with Crippen molar-refractivity contribution in [3.05, 3.63) is 184 Å². The second-order valence-corrected chi connectivity index (χ2v) is 20.5. The van der Waals surface area contributed by atoms with E-state index in [1.165, 1.54) is 112 Å². The average molecular weight is 809 g/mol. The predicted molar refractivity (Wildman–Crippen MR) is 268 cm³/mol. The van der Waals surface area contributed by atoms with Gasteiger partial charge in [0.25, 0.3) is 0 Å². The van der Waals surface area contributed by atoms with E-state index >= 15 is 0 Å². The Morgan fingerprint density at radius 2 is 0.823 bits per heavy atom. The lowest BCUT2D eigenvalue weighted by Crippen LogP contribution is -2.52. The highest BCUT2D eigenvalue weighted by Crippen LogP contribution is 2.54. The van der Waals surface area contributed by atoms with Crippen LogP contribution in [-0.4, -0.2) is 6.71 Å². The van der Waals surface area contributed by atoms with Gasteiger partial charge in [0.1, 0.15) is 0 Å². The van der Waals surface area contributed by atoms with Gasteiger partial charge < -0.3 is 9.80 Å². The van der Waals surface area contributed by atoms with Gasteiger partial charge in [-0.25, -0.2) is 0 Å². The first-order valence-electron chi connectivity index (χ1n) is 23.0. The van der Waals surface area contributed by atoms with Crippen LogP contribution in [0.2, 0.25) is 0 Å². The van der Waals surface area contributed by atoms with Crippen LogP contribution in [0.5, 0.6) is 0 Å². The summed E-state index contributed by atoms with van der Waals surface area (Å²) in [7, 11) is 0. The first-order valence-corrected chi connectivity index (χ1v) is 23.0. The van der Waals surface area contributed by atoms with Crippen molar-refractivity contribution in [2.45, 2.75) is 112 Å². The lowest BCUT2D eigenvalue weighted by Gasteiger charge is -2.42. The van der Waals surface area contributed by atoms with Crippen molar-refractivity contribution in [2.24, 2.45) is 0 Å². The standard InChI is InChI=1S/C59H61BN2/c1-35(2)40-31-43(36(3)4)57(44(32-40)37(5)6)60-51-25-23-41(61-53-19-15-13-17-47(53)58(9,10)49-29-38(7)21-27-55(49)61)33-45(51)46-34-42(24-26-52(46)60)62-54-20-16-14-18-48(54)59(11,12)50-30-39(8)22-28-56(50)62/h13-37H,1-12H3. The van der Waals surface area contributed by atoms with Crippen LogP contribution < -0.4 is 26.2 Å². The molecule has 0 radical (unpaired) electrons. The molecule has 62 heavy (non-hydrogen) atoms. The minimum atomic E-state index is -0.130. The molecule has 2 nitrogen and oxygen atoms in total. The normalized spacial score (nSPS) is 15.4. The highest BCUT2D eigenvalue weighted by Gasteiger charge is 2.42. The molecule has 3 aliphatic heterocycles. The SMILES string of the molecule is Cc1ccc2c(c1)C(C)(C)c1ccccc1N2c1ccc2c(c1)-c1cc(N3c4ccccc4C(C)(C)c4cc(C)ccc43)ccc1B2c1c(C(C)C)cc(C(C)C)cc1C(C)C. The molecule has 0 amide bonds. The van der Waals surface area contributed by atoms with Crippen LogP contribution in [0.15, 0.2) is 133 Å². The van der Waals surface area contributed by atoms with E-state index in [0.29, 0.717) is 17.8 Å². The molecule has 3 heterocycles. The van der Waals surface area contributed by atoms with E-state index in [9.17, 15) is 0 Å². The summed E-state index contributed by atoms with van der Waals surface area (Å²) in [6.45, 7) is 28.3. The molecule has 0 saturated heterocycles. The Kier molecular flexibility index (Phi) is 9.34. The van der Waals surface area contributed by atoms with Gasteiger partial charge in [-0.15, -0.1) is 0 Å². The Morgan fingerprint density at radius 3 is 1.23 bits per heavy atom. The Morgan fingerprint density at radius 1 is 0.419 bits per heavy atom. The lowest BCUT2D eigenvalue weighted by atomic mass is 9.36. The summed E-state index contributed by atoms with van der Waals surface area (Å²) in [6.07, 6.45) is 0. The molecule has 0 unspecified atom stereocenters. The minimum absolute atomic E-state index is 0.115. The molecule has 0 spiro atoms. The maximum atomic E-state index is 2.54. The van der Waals surface area contributed by atoms with Gasteiger partial charge >= 0.3 is 0 Å². The van der Waals surface area contributed by atoms with E-state index in [2.05, 4.69) is 226 Å². The van der Waals surface area contributed by atoms with Crippen LogP contribution in [0.25, 0.3) is 11.1 Å². The third-order valence-electron chi connectivity index (χ3n) is 14.7. The van der Waals surface area contributed by atoms with Gasteiger partial charge in [-0.05, 0) is 130 Å². The minimum Gasteiger partial charge on any atom is -0.310 e. The summed E-state index contributed by atoms with van der Waals surface area (Å²) < 4.78 is 0. The molecular formula is C59H61BN2. The zero-order chi connectivity index (χ0) is 43.6. The molecular weight excluding hydrogens is 747 g/mol. The van der Waals surface area contributed by atoms with E-state index in [1.807, 2.05) is 0 Å². The number of hydrogen-bond acceptors (Lipinski definition) is 2. The Hall–Kier alpha value is -5.80. The van der Waals surface area contributed by atoms with E-state index in [0.717, 1.165) is 0 Å². The van der Waals surface area contributed by atoms with E-state index in [4.69, 9.17) is 0 Å². The maximum absolute atomic E-state index is 2.54. The van der Waals surface area contributed by atoms with Gasteiger partial charge in [-0.1, -0.05) is 182 Å². The molecule has 0 saturated carbocycles. The molecule has 3 heteroatoms. The molecule has 0 N–H and O–H groups in total. The third kappa shape index (κ3) is 5.98. The molecule has 0 aliphatic carbocycles. The van der Waals surface area contributed by atoms with Gasteiger partial charge in [-0.2, -0.15) is 0 Å². The smallest absolute Gasteiger partial charge is 0.243 e. The molecule has 10 rings (SSSR count). The number of para-hydroxylation sites is 2. The van der Waals surface area contributed by atoms with E-state index in [-0.39, 0.29) is 17.5 Å². The summed E-state index contributed by atoms with van der Waals surface area (Å²) in [5, 5.41) is 0. The van der Waals surface area contributed by atoms with E-state index < -0.39 is 0 Å². The topological polar surface area (TPSA) is 6.48 Å². The summed E-state index contributed by atoms with van der Waals surface area (Å²) >= 11 is 0. The van der Waals surface area contributed by atoms with Crippen molar-refractivity contribution in [1.29, 1.82) is 0 Å². The largest absolute Gasteiger partial charge is 0.310 e. The molecule has 0 bridgehead atoms. The van der Waals surface area contributed by atoms with Crippen molar-refractivity contribution in [3.63, 3.8) is 0 Å². The number of anilines is 6. The van der Waals surface area contributed by atoms with Crippen molar-refractivity contribution in [3.8, 4) is 11.1 Å². The van der Waals surface area contributed by atoms with Crippen LogP contribution in [0, 0.1) is 13.8 Å². The zero-order valence-electron chi connectivity index (χ0n) is 38.9. The molecule has 310 valence electrons. The predicted octanol–water partition coefficient (Wildman–Crippen LogP) is 14.4. The van der Waals surface area contributed by atoms with Crippen molar-refractivity contribution >= 4 is 57.2 Å². The van der Waals surface area contributed by atoms with Crippen LogP contribution in [-0.2, 0) is 10.8 Å². The molecule has 0 aromatic heterocycles. The molecule has 7 aromatic carbocycles. The molecule has 3 aliphatic rings. The number of benzene rings is 7.